The van der Waals surface area contributed by atoms with Crippen LogP contribution in [-0.2, 0) is 9.53 Å². The van der Waals surface area contributed by atoms with Gasteiger partial charge in [0.1, 0.15) is 0 Å². The smallest absolute Gasteiger partial charge is 0.239 e. The molecule has 1 aromatic carbocycles. The third kappa shape index (κ3) is 4.20. The van der Waals surface area contributed by atoms with Crippen LogP contribution in [0.5, 0.6) is 0 Å². The van der Waals surface area contributed by atoms with Crippen molar-refractivity contribution in [3.63, 3.8) is 0 Å². The SMILES string of the molecule is CC1OCCC1NC(=O)CNc1ccccc1.Cl. The number of anilines is 1. The van der Waals surface area contributed by atoms with Gasteiger partial charge in [0.15, 0.2) is 0 Å². The molecule has 2 unspecified atom stereocenters. The number of rotatable bonds is 4. The van der Waals surface area contributed by atoms with E-state index in [0.29, 0.717) is 6.54 Å². The van der Waals surface area contributed by atoms with Crippen LogP contribution in [0.25, 0.3) is 0 Å². The van der Waals surface area contributed by atoms with E-state index in [1.54, 1.807) is 0 Å². The van der Waals surface area contributed by atoms with Crippen LogP contribution < -0.4 is 10.6 Å². The molecule has 1 heterocycles. The number of carbonyl (C=O) groups excluding carboxylic acids is 1. The third-order valence-corrected chi connectivity index (χ3v) is 2.95. The largest absolute Gasteiger partial charge is 0.376 e. The molecule has 1 amide bonds. The number of ether oxygens (including phenoxy) is 1. The molecule has 18 heavy (non-hydrogen) atoms. The molecule has 0 radical (unpaired) electrons. The van der Waals surface area contributed by atoms with Crippen LogP contribution in [-0.4, -0.2) is 31.2 Å². The number of halogens is 1. The van der Waals surface area contributed by atoms with Gasteiger partial charge in [-0.1, -0.05) is 18.2 Å². The Morgan fingerprint density at radius 1 is 1.39 bits per heavy atom. The normalized spacial score (nSPS) is 22.1. The van der Waals surface area contributed by atoms with E-state index in [0.717, 1.165) is 18.7 Å². The Balaban J connectivity index is 0.00000162. The predicted octanol–water partition coefficient (Wildman–Crippen LogP) is 1.81. The fourth-order valence-corrected chi connectivity index (χ4v) is 1.92. The number of benzene rings is 1. The van der Waals surface area contributed by atoms with Crippen molar-refractivity contribution in [3.8, 4) is 0 Å². The summed E-state index contributed by atoms with van der Waals surface area (Å²) < 4.78 is 5.39. The molecular formula is C13H19ClN2O2. The quantitative estimate of drug-likeness (QED) is 0.877. The van der Waals surface area contributed by atoms with Crippen molar-refractivity contribution in [1.29, 1.82) is 0 Å². The molecule has 2 N–H and O–H groups in total. The minimum absolute atomic E-state index is 0. The van der Waals surface area contributed by atoms with Crippen LogP contribution >= 0.6 is 12.4 Å². The number of nitrogens with one attached hydrogen (secondary N) is 2. The van der Waals surface area contributed by atoms with Crippen molar-refractivity contribution in [3.05, 3.63) is 30.3 Å². The minimum Gasteiger partial charge on any atom is -0.376 e. The van der Waals surface area contributed by atoms with Gasteiger partial charge in [-0.05, 0) is 25.5 Å². The molecule has 4 nitrogen and oxygen atoms in total. The molecule has 1 aliphatic heterocycles. The Hall–Kier alpha value is -1.26. The number of para-hydroxylation sites is 1. The Morgan fingerprint density at radius 3 is 2.72 bits per heavy atom. The van der Waals surface area contributed by atoms with Crippen molar-refractivity contribution < 1.29 is 9.53 Å². The number of hydrogen-bond donors (Lipinski definition) is 2. The lowest BCUT2D eigenvalue weighted by molar-refractivity contribution is -0.120. The lowest BCUT2D eigenvalue weighted by Gasteiger charge is -2.16. The first-order valence-electron chi connectivity index (χ1n) is 5.95. The van der Waals surface area contributed by atoms with Crippen molar-refractivity contribution >= 4 is 24.0 Å². The number of amides is 1. The van der Waals surface area contributed by atoms with Gasteiger partial charge in [0.05, 0.1) is 18.7 Å². The van der Waals surface area contributed by atoms with E-state index in [4.69, 9.17) is 4.74 Å². The van der Waals surface area contributed by atoms with Crippen molar-refractivity contribution in [2.24, 2.45) is 0 Å². The van der Waals surface area contributed by atoms with Gasteiger partial charge in [-0.15, -0.1) is 12.4 Å². The maximum absolute atomic E-state index is 11.7. The topological polar surface area (TPSA) is 50.4 Å². The Bertz CT molecular complexity index is 373. The fraction of sp³-hybridized carbons (Fsp3) is 0.462. The molecule has 1 aromatic rings. The van der Waals surface area contributed by atoms with Gasteiger partial charge in [0, 0.05) is 12.3 Å². The standard InChI is InChI=1S/C13H18N2O2.ClH/c1-10-12(7-8-17-10)15-13(16)9-14-11-5-3-2-4-6-11;/h2-6,10,12,14H,7-9H2,1H3,(H,15,16);1H. The van der Waals surface area contributed by atoms with E-state index in [1.807, 2.05) is 37.3 Å². The highest BCUT2D eigenvalue weighted by molar-refractivity contribution is 5.85. The molecule has 0 aliphatic carbocycles. The zero-order valence-electron chi connectivity index (χ0n) is 10.4. The summed E-state index contributed by atoms with van der Waals surface area (Å²) in [5.74, 6) is 0.0104. The van der Waals surface area contributed by atoms with Crippen LogP contribution in [0.3, 0.4) is 0 Å². The van der Waals surface area contributed by atoms with Crippen molar-refractivity contribution in [2.75, 3.05) is 18.5 Å². The van der Waals surface area contributed by atoms with E-state index in [9.17, 15) is 4.79 Å². The maximum Gasteiger partial charge on any atom is 0.239 e. The van der Waals surface area contributed by atoms with Crippen LogP contribution in [0.1, 0.15) is 13.3 Å². The first-order chi connectivity index (χ1) is 8.25. The van der Waals surface area contributed by atoms with Crippen LogP contribution in [0.2, 0.25) is 0 Å². The monoisotopic (exact) mass is 270 g/mol. The van der Waals surface area contributed by atoms with Crippen LogP contribution in [0.15, 0.2) is 30.3 Å². The van der Waals surface area contributed by atoms with Gasteiger partial charge in [0.25, 0.3) is 0 Å². The van der Waals surface area contributed by atoms with Crippen LogP contribution in [0.4, 0.5) is 5.69 Å². The lowest BCUT2D eigenvalue weighted by atomic mass is 10.1. The third-order valence-electron chi connectivity index (χ3n) is 2.95. The van der Waals surface area contributed by atoms with E-state index in [1.165, 1.54) is 0 Å². The summed E-state index contributed by atoms with van der Waals surface area (Å²) in [7, 11) is 0. The Morgan fingerprint density at radius 2 is 2.11 bits per heavy atom. The average Bonchev–Trinajstić information content (AvgIpc) is 2.74. The first kappa shape index (κ1) is 14.8. The van der Waals surface area contributed by atoms with Gasteiger partial charge in [0.2, 0.25) is 5.91 Å². The molecule has 0 saturated carbocycles. The van der Waals surface area contributed by atoms with Crippen molar-refractivity contribution in [2.45, 2.75) is 25.5 Å². The summed E-state index contributed by atoms with van der Waals surface area (Å²) in [6.07, 6.45) is 1.02. The van der Waals surface area contributed by atoms with Gasteiger partial charge >= 0.3 is 0 Å². The minimum atomic E-state index is 0. The summed E-state index contributed by atoms with van der Waals surface area (Å²) in [5.41, 5.74) is 0.957. The molecule has 0 spiro atoms. The summed E-state index contributed by atoms with van der Waals surface area (Å²) in [6.45, 7) is 3.02. The zero-order valence-corrected chi connectivity index (χ0v) is 11.2. The van der Waals surface area contributed by atoms with E-state index in [2.05, 4.69) is 10.6 Å². The summed E-state index contributed by atoms with van der Waals surface area (Å²) >= 11 is 0. The molecule has 1 fully saturated rings. The Kier molecular flexibility index (Phi) is 5.95. The molecule has 0 bridgehead atoms. The molecule has 1 saturated heterocycles. The Labute approximate surface area is 114 Å². The highest BCUT2D eigenvalue weighted by Crippen LogP contribution is 2.12. The second kappa shape index (κ2) is 7.24. The number of hydrogen-bond acceptors (Lipinski definition) is 3. The van der Waals surface area contributed by atoms with Crippen molar-refractivity contribution in [1.82, 2.24) is 5.32 Å². The zero-order chi connectivity index (χ0) is 12.1. The highest BCUT2D eigenvalue weighted by atomic mass is 35.5. The second-order valence-corrected chi connectivity index (χ2v) is 4.26. The van der Waals surface area contributed by atoms with E-state index >= 15 is 0 Å². The maximum atomic E-state index is 11.7. The fourth-order valence-electron chi connectivity index (χ4n) is 1.92. The first-order valence-corrected chi connectivity index (χ1v) is 5.95. The van der Waals surface area contributed by atoms with Gasteiger partial charge < -0.3 is 15.4 Å². The summed E-state index contributed by atoms with van der Waals surface area (Å²) in [6, 6.07) is 9.85. The molecule has 5 heteroatoms. The summed E-state index contributed by atoms with van der Waals surface area (Å²) in [5, 5.41) is 6.05. The predicted molar refractivity (Wildman–Crippen MR) is 74.1 cm³/mol. The molecular weight excluding hydrogens is 252 g/mol. The molecule has 2 rings (SSSR count). The molecule has 100 valence electrons. The highest BCUT2D eigenvalue weighted by Gasteiger charge is 2.25. The second-order valence-electron chi connectivity index (χ2n) is 4.26. The van der Waals surface area contributed by atoms with Gasteiger partial charge in [-0.2, -0.15) is 0 Å². The van der Waals surface area contributed by atoms with Gasteiger partial charge in [-0.25, -0.2) is 0 Å². The van der Waals surface area contributed by atoms with Gasteiger partial charge in [-0.3, -0.25) is 4.79 Å². The molecule has 1 aliphatic rings. The van der Waals surface area contributed by atoms with E-state index in [-0.39, 0.29) is 30.5 Å². The summed E-state index contributed by atoms with van der Waals surface area (Å²) in [4.78, 5) is 11.7. The molecule has 0 aromatic heterocycles. The lowest BCUT2D eigenvalue weighted by Crippen LogP contribution is -2.41. The average molecular weight is 271 g/mol. The number of carbonyl (C=O) groups is 1. The molecule has 2 atom stereocenters. The van der Waals surface area contributed by atoms with Crippen LogP contribution in [0, 0.1) is 0 Å². The van der Waals surface area contributed by atoms with E-state index < -0.39 is 0 Å².